The number of hydrogen-bond acceptors (Lipinski definition) is 4. The van der Waals surface area contributed by atoms with Gasteiger partial charge < -0.3 is 16.0 Å². The molecule has 24 heavy (non-hydrogen) atoms. The molecule has 0 radical (unpaired) electrons. The number of nitrogens with zero attached hydrogens (tertiary/aromatic N) is 1. The van der Waals surface area contributed by atoms with Crippen molar-refractivity contribution >= 4 is 23.3 Å². The molecule has 7 heteroatoms. The smallest absolute Gasteiger partial charge is 0.169 e. The normalized spacial score (nSPS) is 10.5. The van der Waals surface area contributed by atoms with E-state index in [0.29, 0.717) is 33.2 Å². The van der Waals surface area contributed by atoms with Crippen LogP contribution in [-0.4, -0.2) is 16.8 Å². The highest BCUT2D eigenvalue weighted by molar-refractivity contribution is 6.36. The van der Waals surface area contributed by atoms with Gasteiger partial charge in [-0.1, -0.05) is 41.0 Å². The van der Waals surface area contributed by atoms with Gasteiger partial charge in [-0.2, -0.15) is 0 Å². The van der Waals surface area contributed by atoms with E-state index < -0.39 is 0 Å². The molecular formula is C17H14ClN5O. The standard InChI is InChI=1S/C17H14ClN5O/c18-15-11(5-2-6-12(15)17(21)22)14-8-13(23-24-14)9-3-1-4-10(7-9)16(19)20/h1-8H,(H3,19,20)(H3,21,22). The van der Waals surface area contributed by atoms with Crippen molar-refractivity contribution in [3.05, 3.63) is 64.7 Å². The third kappa shape index (κ3) is 2.87. The van der Waals surface area contributed by atoms with Crippen LogP contribution in [0.1, 0.15) is 11.1 Å². The van der Waals surface area contributed by atoms with Crippen LogP contribution in [0.2, 0.25) is 5.02 Å². The zero-order chi connectivity index (χ0) is 17.3. The van der Waals surface area contributed by atoms with E-state index in [0.717, 1.165) is 5.56 Å². The van der Waals surface area contributed by atoms with Crippen molar-refractivity contribution in [2.45, 2.75) is 0 Å². The van der Waals surface area contributed by atoms with Gasteiger partial charge in [-0.05, 0) is 18.2 Å². The Morgan fingerprint density at radius 2 is 1.75 bits per heavy atom. The molecule has 6 N–H and O–H groups in total. The Bertz CT molecular complexity index is 948. The quantitative estimate of drug-likeness (QED) is 0.430. The molecule has 1 aromatic heterocycles. The van der Waals surface area contributed by atoms with Crippen LogP contribution in [0.25, 0.3) is 22.6 Å². The summed E-state index contributed by atoms with van der Waals surface area (Å²) in [6, 6.07) is 14.1. The molecule has 3 rings (SSSR count). The highest BCUT2D eigenvalue weighted by Crippen LogP contribution is 2.33. The molecule has 0 amide bonds. The molecule has 0 atom stereocenters. The number of nitrogens with two attached hydrogens (primary N) is 2. The zero-order valence-corrected chi connectivity index (χ0v) is 13.3. The van der Waals surface area contributed by atoms with E-state index in [9.17, 15) is 0 Å². The Morgan fingerprint density at radius 3 is 2.46 bits per heavy atom. The summed E-state index contributed by atoms with van der Waals surface area (Å²) in [7, 11) is 0. The average molecular weight is 340 g/mol. The Labute approximate surface area is 143 Å². The first-order valence-corrected chi connectivity index (χ1v) is 7.40. The molecule has 0 unspecified atom stereocenters. The molecule has 3 aromatic rings. The Balaban J connectivity index is 2.03. The van der Waals surface area contributed by atoms with Gasteiger partial charge in [0.1, 0.15) is 17.4 Å². The number of halogens is 1. The highest BCUT2D eigenvalue weighted by Gasteiger charge is 2.15. The molecule has 0 spiro atoms. The predicted molar refractivity (Wildman–Crippen MR) is 94.4 cm³/mol. The van der Waals surface area contributed by atoms with E-state index in [1.165, 1.54) is 0 Å². The van der Waals surface area contributed by atoms with Crippen LogP contribution in [0, 0.1) is 10.8 Å². The van der Waals surface area contributed by atoms with Crippen molar-refractivity contribution in [2.75, 3.05) is 0 Å². The number of amidine groups is 2. The highest BCUT2D eigenvalue weighted by atomic mass is 35.5. The van der Waals surface area contributed by atoms with Crippen LogP contribution < -0.4 is 11.5 Å². The third-order valence-corrected chi connectivity index (χ3v) is 3.94. The summed E-state index contributed by atoms with van der Waals surface area (Å²) in [6.07, 6.45) is 0. The van der Waals surface area contributed by atoms with Gasteiger partial charge in [0.05, 0.1) is 5.02 Å². The van der Waals surface area contributed by atoms with Gasteiger partial charge in [0, 0.05) is 28.3 Å². The Hall–Kier alpha value is -3.12. The Morgan fingerprint density at radius 1 is 1.00 bits per heavy atom. The summed E-state index contributed by atoms with van der Waals surface area (Å²) in [5.41, 5.74) is 14.0. The molecule has 0 saturated heterocycles. The molecule has 0 aliphatic carbocycles. The maximum atomic E-state index is 7.55. The van der Waals surface area contributed by atoms with Gasteiger partial charge >= 0.3 is 0 Å². The molecule has 0 bridgehead atoms. The van der Waals surface area contributed by atoms with Crippen molar-refractivity contribution in [3.63, 3.8) is 0 Å². The van der Waals surface area contributed by atoms with Crippen molar-refractivity contribution in [2.24, 2.45) is 11.5 Å². The largest absolute Gasteiger partial charge is 0.384 e. The number of hydrogen-bond donors (Lipinski definition) is 4. The maximum absolute atomic E-state index is 7.55. The van der Waals surface area contributed by atoms with E-state index in [4.69, 9.17) is 38.4 Å². The Kier molecular flexibility index (Phi) is 4.05. The van der Waals surface area contributed by atoms with E-state index in [-0.39, 0.29) is 11.7 Å². The van der Waals surface area contributed by atoms with Gasteiger partial charge in [-0.3, -0.25) is 10.8 Å². The fourth-order valence-corrected chi connectivity index (χ4v) is 2.64. The topological polar surface area (TPSA) is 126 Å². The summed E-state index contributed by atoms with van der Waals surface area (Å²) < 4.78 is 5.39. The molecule has 1 heterocycles. The number of nitrogens with one attached hydrogen (secondary N) is 2. The number of nitrogen functional groups attached to an aromatic ring is 2. The summed E-state index contributed by atoms with van der Waals surface area (Å²) >= 11 is 6.31. The molecule has 0 aliphatic rings. The van der Waals surface area contributed by atoms with Crippen LogP contribution in [0.3, 0.4) is 0 Å². The van der Waals surface area contributed by atoms with Crippen LogP contribution in [0.15, 0.2) is 53.1 Å². The second-order valence-corrected chi connectivity index (χ2v) is 5.53. The van der Waals surface area contributed by atoms with Gasteiger partial charge in [0.15, 0.2) is 5.76 Å². The summed E-state index contributed by atoms with van der Waals surface area (Å²) in [5, 5.41) is 19.5. The fourth-order valence-electron chi connectivity index (χ4n) is 2.31. The minimum atomic E-state index is -0.115. The number of rotatable bonds is 4. The lowest BCUT2D eigenvalue weighted by molar-refractivity contribution is 0.435. The second-order valence-electron chi connectivity index (χ2n) is 5.15. The maximum Gasteiger partial charge on any atom is 0.169 e. The van der Waals surface area contributed by atoms with Crippen LogP contribution in [-0.2, 0) is 0 Å². The minimum absolute atomic E-state index is 0.0160. The van der Waals surface area contributed by atoms with Crippen molar-refractivity contribution in [1.82, 2.24) is 5.16 Å². The molecule has 0 aliphatic heterocycles. The van der Waals surface area contributed by atoms with Crippen molar-refractivity contribution in [3.8, 4) is 22.6 Å². The number of aromatic nitrogens is 1. The van der Waals surface area contributed by atoms with Gasteiger partial charge in [0.25, 0.3) is 0 Å². The second kappa shape index (κ2) is 6.17. The molecule has 6 nitrogen and oxygen atoms in total. The lowest BCUT2D eigenvalue weighted by atomic mass is 10.0. The minimum Gasteiger partial charge on any atom is -0.384 e. The van der Waals surface area contributed by atoms with Gasteiger partial charge in [-0.15, -0.1) is 0 Å². The molecule has 0 fully saturated rings. The summed E-state index contributed by atoms with van der Waals surface area (Å²) in [6.45, 7) is 0. The SMILES string of the molecule is N=C(N)c1cccc(-c2cc(-c3cccc(C(=N)N)c3Cl)on2)c1. The van der Waals surface area contributed by atoms with Crippen molar-refractivity contribution in [1.29, 1.82) is 10.8 Å². The van der Waals surface area contributed by atoms with Crippen LogP contribution >= 0.6 is 11.6 Å². The first-order valence-electron chi connectivity index (χ1n) is 7.02. The monoisotopic (exact) mass is 339 g/mol. The van der Waals surface area contributed by atoms with Gasteiger partial charge in [-0.25, -0.2) is 0 Å². The first-order chi connectivity index (χ1) is 11.5. The van der Waals surface area contributed by atoms with Crippen LogP contribution in [0.5, 0.6) is 0 Å². The van der Waals surface area contributed by atoms with Crippen molar-refractivity contribution < 1.29 is 4.52 Å². The molecule has 120 valence electrons. The van der Waals surface area contributed by atoms with Crippen LogP contribution in [0.4, 0.5) is 0 Å². The first kappa shape index (κ1) is 15.8. The lowest BCUT2D eigenvalue weighted by Crippen LogP contribution is -2.11. The fraction of sp³-hybridized carbons (Fsp3) is 0. The third-order valence-electron chi connectivity index (χ3n) is 3.53. The molecular weight excluding hydrogens is 326 g/mol. The zero-order valence-electron chi connectivity index (χ0n) is 12.5. The summed E-state index contributed by atoms with van der Waals surface area (Å²) in [4.78, 5) is 0. The number of benzene rings is 2. The van der Waals surface area contributed by atoms with E-state index in [1.807, 2.05) is 6.07 Å². The van der Waals surface area contributed by atoms with E-state index >= 15 is 0 Å². The van der Waals surface area contributed by atoms with E-state index in [1.54, 1.807) is 42.5 Å². The van der Waals surface area contributed by atoms with Gasteiger partial charge in [0.2, 0.25) is 0 Å². The van der Waals surface area contributed by atoms with E-state index in [2.05, 4.69) is 5.16 Å². The predicted octanol–water partition coefficient (Wildman–Crippen LogP) is 3.23. The average Bonchev–Trinajstić information content (AvgIpc) is 3.04. The molecule has 2 aromatic carbocycles. The summed E-state index contributed by atoms with van der Waals surface area (Å²) in [5.74, 6) is 0.333. The lowest BCUT2D eigenvalue weighted by Gasteiger charge is -2.05. The molecule has 0 saturated carbocycles.